The summed E-state index contributed by atoms with van der Waals surface area (Å²) in [5.41, 5.74) is 1.61. The monoisotopic (exact) mass is 316 g/mol. The number of carbonyl (C=O) groups excluding carboxylic acids is 2. The maximum atomic E-state index is 11.8. The summed E-state index contributed by atoms with van der Waals surface area (Å²) in [5.74, 6) is -1.38. The summed E-state index contributed by atoms with van der Waals surface area (Å²) < 4.78 is 4.58. The van der Waals surface area contributed by atoms with Crippen LogP contribution in [-0.2, 0) is 9.59 Å². The van der Waals surface area contributed by atoms with Crippen molar-refractivity contribution in [3.8, 4) is 0 Å². The van der Waals surface area contributed by atoms with Crippen LogP contribution in [0.4, 0.5) is 17.2 Å². The second kappa shape index (κ2) is 7.44. The highest BCUT2D eigenvalue weighted by Gasteiger charge is 2.15. The average Bonchev–Trinajstić information content (AvgIpc) is 3.02. The second-order valence-electron chi connectivity index (χ2n) is 5.22. The predicted octanol–water partition coefficient (Wildman–Crippen LogP) is 2.49. The van der Waals surface area contributed by atoms with Gasteiger partial charge in [-0.3, -0.25) is 14.9 Å². The molecule has 2 rings (SSSR count). The van der Waals surface area contributed by atoms with Crippen molar-refractivity contribution in [2.75, 3.05) is 22.1 Å². The molecule has 23 heavy (non-hydrogen) atoms. The topological polar surface area (TPSA) is 87.5 Å². The Kier molecular flexibility index (Phi) is 5.35. The van der Waals surface area contributed by atoms with Gasteiger partial charge in [0, 0.05) is 30.0 Å². The van der Waals surface area contributed by atoms with Gasteiger partial charge in [-0.2, -0.15) is 0 Å². The second-order valence-corrected chi connectivity index (χ2v) is 5.22. The maximum Gasteiger partial charge on any atom is 0.315 e. The van der Waals surface area contributed by atoms with Gasteiger partial charge in [0.2, 0.25) is 0 Å². The van der Waals surface area contributed by atoms with E-state index in [0.29, 0.717) is 11.7 Å². The molecule has 0 aliphatic carbocycles. The minimum absolute atomic E-state index is 0.191. The van der Waals surface area contributed by atoms with Crippen LogP contribution in [-0.4, -0.2) is 29.6 Å². The van der Waals surface area contributed by atoms with Crippen LogP contribution in [0.2, 0.25) is 0 Å². The summed E-state index contributed by atoms with van der Waals surface area (Å²) in [6, 6.07) is 9.19. The summed E-state index contributed by atoms with van der Waals surface area (Å²) in [5, 5.41) is 8.38. The van der Waals surface area contributed by atoms with Gasteiger partial charge in [0.1, 0.15) is 6.26 Å². The standard InChI is InChI=1S/C16H20N4O3/c1-4-20(11(2)3)13-7-5-12(6-8-13)17-15(21)16(22)18-14-9-10-23-19-14/h5-11H,4H2,1-3H3,(H,17,21)(H,18,19,22). The van der Waals surface area contributed by atoms with Crippen molar-refractivity contribution in [3.05, 3.63) is 36.6 Å². The number of carbonyl (C=O) groups is 2. The third-order valence-corrected chi connectivity index (χ3v) is 3.31. The van der Waals surface area contributed by atoms with Gasteiger partial charge < -0.3 is 14.7 Å². The number of nitrogens with zero attached hydrogens (tertiary/aromatic N) is 2. The zero-order chi connectivity index (χ0) is 16.8. The first kappa shape index (κ1) is 16.5. The normalized spacial score (nSPS) is 10.4. The number of hydrogen-bond donors (Lipinski definition) is 2. The largest absolute Gasteiger partial charge is 0.369 e. The van der Waals surface area contributed by atoms with Crippen molar-refractivity contribution in [1.29, 1.82) is 0 Å². The molecule has 7 nitrogen and oxygen atoms in total. The first-order chi connectivity index (χ1) is 11.0. The van der Waals surface area contributed by atoms with E-state index in [1.165, 1.54) is 12.3 Å². The molecule has 2 amide bonds. The van der Waals surface area contributed by atoms with Crippen molar-refractivity contribution in [3.63, 3.8) is 0 Å². The van der Waals surface area contributed by atoms with Gasteiger partial charge in [-0.05, 0) is 45.0 Å². The predicted molar refractivity (Wildman–Crippen MR) is 88.4 cm³/mol. The Balaban J connectivity index is 1.97. The minimum atomic E-state index is -0.805. The van der Waals surface area contributed by atoms with Crippen LogP contribution in [0, 0.1) is 0 Å². The van der Waals surface area contributed by atoms with Gasteiger partial charge in [0.25, 0.3) is 0 Å². The van der Waals surface area contributed by atoms with Crippen LogP contribution in [0.5, 0.6) is 0 Å². The fourth-order valence-electron chi connectivity index (χ4n) is 2.22. The Morgan fingerprint density at radius 2 is 1.78 bits per heavy atom. The Morgan fingerprint density at radius 1 is 1.13 bits per heavy atom. The number of benzene rings is 1. The molecule has 0 bridgehead atoms. The maximum absolute atomic E-state index is 11.8. The van der Waals surface area contributed by atoms with E-state index in [0.717, 1.165) is 12.2 Å². The quantitative estimate of drug-likeness (QED) is 0.828. The average molecular weight is 316 g/mol. The molecular formula is C16H20N4O3. The molecule has 0 saturated heterocycles. The van der Waals surface area contributed by atoms with Gasteiger partial charge in [-0.1, -0.05) is 5.16 Å². The van der Waals surface area contributed by atoms with Gasteiger partial charge in [0.05, 0.1) is 0 Å². The van der Waals surface area contributed by atoms with E-state index < -0.39 is 11.8 Å². The molecule has 0 fully saturated rings. The third-order valence-electron chi connectivity index (χ3n) is 3.31. The zero-order valence-corrected chi connectivity index (χ0v) is 13.4. The van der Waals surface area contributed by atoms with E-state index in [-0.39, 0.29) is 5.82 Å². The van der Waals surface area contributed by atoms with Gasteiger partial charge in [-0.15, -0.1) is 0 Å². The lowest BCUT2D eigenvalue weighted by Crippen LogP contribution is -2.30. The SMILES string of the molecule is CCN(c1ccc(NC(=O)C(=O)Nc2ccon2)cc1)C(C)C. The molecule has 0 aliphatic rings. The number of nitrogens with one attached hydrogen (secondary N) is 2. The Morgan fingerprint density at radius 3 is 2.30 bits per heavy atom. The third kappa shape index (κ3) is 4.32. The molecule has 0 saturated carbocycles. The minimum Gasteiger partial charge on any atom is -0.369 e. The molecule has 7 heteroatoms. The molecule has 2 N–H and O–H groups in total. The van der Waals surface area contributed by atoms with Gasteiger partial charge >= 0.3 is 11.8 Å². The van der Waals surface area contributed by atoms with E-state index in [1.54, 1.807) is 12.1 Å². The molecule has 122 valence electrons. The van der Waals surface area contributed by atoms with Gasteiger partial charge in [0.15, 0.2) is 5.82 Å². The van der Waals surface area contributed by atoms with Crippen molar-refractivity contribution >= 4 is 29.0 Å². The zero-order valence-electron chi connectivity index (χ0n) is 13.4. The van der Waals surface area contributed by atoms with E-state index in [9.17, 15) is 9.59 Å². The molecular weight excluding hydrogens is 296 g/mol. The van der Waals surface area contributed by atoms with Crippen LogP contribution >= 0.6 is 0 Å². The highest BCUT2D eigenvalue weighted by molar-refractivity contribution is 6.43. The first-order valence-corrected chi connectivity index (χ1v) is 7.40. The molecule has 0 aliphatic heterocycles. The molecule has 1 heterocycles. The van der Waals surface area contributed by atoms with Crippen molar-refractivity contribution in [2.45, 2.75) is 26.8 Å². The van der Waals surface area contributed by atoms with Crippen LogP contribution < -0.4 is 15.5 Å². The lowest BCUT2D eigenvalue weighted by molar-refractivity contribution is -0.133. The summed E-state index contributed by atoms with van der Waals surface area (Å²) in [6.45, 7) is 7.22. The number of hydrogen-bond acceptors (Lipinski definition) is 5. The molecule has 0 unspecified atom stereocenters. The molecule has 1 aromatic carbocycles. The summed E-state index contributed by atoms with van der Waals surface area (Å²) in [6.07, 6.45) is 1.31. The van der Waals surface area contributed by atoms with Crippen LogP contribution in [0.3, 0.4) is 0 Å². The molecule has 0 radical (unpaired) electrons. The van der Waals surface area contributed by atoms with E-state index >= 15 is 0 Å². The number of anilines is 3. The molecule has 2 aromatic rings. The highest BCUT2D eigenvalue weighted by atomic mass is 16.5. The highest BCUT2D eigenvalue weighted by Crippen LogP contribution is 2.19. The van der Waals surface area contributed by atoms with Crippen LogP contribution in [0.15, 0.2) is 41.1 Å². The van der Waals surface area contributed by atoms with Gasteiger partial charge in [-0.25, -0.2) is 0 Å². The van der Waals surface area contributed by atoms with Crippen LogP contribution in [0.25, 0.3) is 0 Å². The smallest absolute Gasteiger partial charge is 0.315 e. The Bertz CT molecular complexity index is 650. The van der Waals surface area contributed by atoms with Crippen LogP contribution in [0.1, 0.15) is 20.8 Å². The lowest BCUT2D eigenvalue weighted by Gasteiger charge is -2.27. The first-order valence-electron chi connectivity index (χ1n) is 7.40. The van der Waals surface area contributed by atoms with E-state index in [2.05, 4.69) is 46.0 Å². The number of aromatic nitrogens is 1. The van der Waals surface area contributed by atoms with E-state index in [4.69, 9.17) is 0 Å². The fourth-order valence-corrected chi connectivity index (χ4v) is 2.22. The molecule has 0 atom stereocenters. The van der Waals surface area contributed by atoms with Crippen molar-refractivity contribution in [2.24, 2.45) is 0 Å². The summed E-state index contributed by atoms with van der Waals surface area (Å²) >= 11 is 0. The summed E-state index contributed by atoms with van der Waals surface area (Å²) in [4.78, 5) is 25.8. The fraction of sp³-hybridized carbons (Fsp3) is 0.312. The number of rotatable bonds is 5. The molecule has 0 spiro atoms. The number of amides is 2. The Labute approximate surface area is 134 Å². The van der Waals surface area contributed by atoms with E-state index in [1.807, 2.05) is 12.1 Å². The van der Waals surface area contributed by atoms with Crippen molar-refractivity contribution < 1.29 is 14.1 Å². The van der Waals surface area contributed by atoms with Crippen molar-refractivity contribution in [1.82, 2.24) is 5.16 Å². The lowest BCUT2D eigenvalue weighted by atomic mass is 10.2. The Hall–Kier alpha value is -2.83. The summed E-state index contributed by atoms with van der Waals surface area (Å²) in [7, 11) is 0. The molecule has 1 aromatic heterocycles.